The summed E-state index contributed by atoms with van der Waals surface area (Å²) in [7, 11) is -1.92. The lowest BCUT2D eigenvalue weighted by atomic mass is 10.1. The summed E-state index contributed by atoms with van der Waals surface area (Å²) in [6.45, 7) is 25.1. The fourth-order valence-corrected chi connectivity index (χ4v) is 8.24. The Labute approximate surface area is 494 Å². The van der Waals surface area contributed by atoms with Gasteiger partial charge in [-0.3, -0.25) is 19.2 Å². The monoisotopic (exact) mass is 1330 g/mol. The Morgan fingerprint density at radius 3 is 1.91 bits per heavy atom. The van der Waals surface area contributed by atoms with Gasteiger partial charge < -0.3 is 48.7 Å². The highest BCUT2D eigenvalue weighted by Gasteiger charge is 2.21. The van der Waals surface area contributed by atoms with Crippen LogP contribution in [-0.2, 0) is 32.2 Å². The second kappa shape index (κ2) is 34.9. The fraction of sp³-hybridized carbons (Fsp3) is 0.396. The van der Waals surface area contributed by atoms with Crippen molar-refractivity contribution in [3.05, 3.63) is 131 Å². The maximum Gasteiger partial charge on any atom is 0.356 e. The van der Waals surface area contributed by atoms with E-state index in [1.54, 1.807) is 60.4 Å². The molecule has 0 aliphatic rings. The number of amides is 1. The van der Waals surface area contributed by atoms with E-state index in [4.69, 9.17) is 26.2 Å². The molecule has 0 radical (unpaired) electrons. The number of rotatable bonds is 21. The van der Waals surface area contributed by atoms with Crippen LogP contribution in [0.4, 0.5) is 10.1 Å². The third-order valence-electron chi connectivity index (χ3n) is 10.6. The van der Waals surface area contributed by atoms with Crippen LogP contribution in [-0.4, -0.2) is 126 Å². The molecule has 79 heavy (non-hydrogen) atoms. The van der Waals surface area contributed by atoms with E-state index in [0.717, 1.165) is 30.4 Å². The normalized spacial score (nSPS) is 10.8. The second-order valence-corrected chi connectivity index (χ2v) is 32.1. The van der Waals surface area contributed by atoms with Crippen LogP contribution in [0.2, 0.25) is 51.4 Å². The van der Waals surface area contributed by atoms with Gasteiger partial charge in [-0.1, -0.05) is 63.0 Å². The van der Waals surface area contributed by atoms with E-state index in [1.165, 1.54) is 63.3 Å². The van der Waals surface area contributed by atoms with Crippen LogP contribution < -0.4 is 5.32 Å². The first-order chi connectivity index (χ1) is 36.8. The summed E-state index contributed by atoms with van der Waals surface area (Å²) in [6.07, 6.45) is 11.2. The Morgan fingerprint density at radius 2 is 1.43 bits per heavy atom. The summed E-state index contributed by atoms with van der Waals surface area (Å²) in [5.74, 6) is -1.46. The Kier molecular flexibility index (Phi) is 30.5. The third kappa shape index (κ3) is 26.2. The number of alkyl halides is 1. The van der Waals surface area contributed by atoms with Gasteiger partial charge in [0.1, 0.15) is 47.1 Å². The van der Waals surface area contributed by atoms with E-state index in [9.17, 15) is 28.4 Å². The number of esters is 1. The molecule has 2 aromatic carbocycles. The van der Waals surface area contributed by atoms with E-state index in [1.807, 2.05) is 18.4 Å². The van der Waals surface area contributed by atoms with E-state index >= 15 is 0 Å². The van der Waals surface area contributed by atoms with Gasteiger partial charge in [0.05, 0.1) is 49.9 Å². The highest BCUT2D eigenvalue weighted by molar-refractivity contribution is 14.0. The topological polar surface area (TPSA) is 267 Å². The number of ether oxygens (including phenoxy) is 3. The predicted molar refractivity (Wildman–Crippen MR) is 325 cm³/mol. The number of aromatic amines is 3. The van der Waals surface area contributed by atoms with E-state index in [-0.39, 0.29) is 72.8 Å². The Morgan fingerprint density at radius 1 is 0.835 bits per heavy atom. The Balaban J connectivity index is 0.000000576. The molecular weight excluding hydrogens is 1250 g/mol. The van der Waals surface area contributed by atoms with Gasteiger partial charge in [-0.15, -0.1) is 24.0 Å². The zero-order valence-corrected chi connectivity index (χ0v) is 53.2. The van der Waals surface area contributed by atoms with Crippen LogP contribution in [0.15, 0.2) is 97.0 Å². The van der Waals surface area contributed by atoms with Crippen molar-refractivity contribution in [2.45, 2.75) is 112 Å². The minimum Gasteiger partial charge on any atom is -0.481 e. The first-order valence-corrected chi connectivity index (χ1v) is 33.7. The number of imidazole rings is 5. The van der Waals surface area contributed by atoms with Crippen LogP contribution >= 0.6 is 51.5 Å². The van der Waals surface area contributed by atoms with Crippen molar-refractivity contribution >= 4 is 103 Å². The average Bonchev–Trinajstić information content (AvgIpc) is 4.24. The van der Waals surface area contributed by atoms with Gasteiger partial charge in [0.15, 0.2) is 22.1 Å². The number of anilines is 1. The number of H-pyrrole nitrogens is 3. The number of ketones is 2. The second-order valence-electron chi connectivity index (χ2n) is 19.9. The SMILES string of the molecule is CC(=O)c1cn(COCC[Si](C)(C)C)c(Br)n1.CC(=O)c1cnc[nH]1.CC(C)n1cnc(-c2ccc(F)cc2)c1-c1ncc(C(=O)Nc2ccc(CCC(=O)O)cc2)[nH]1.CCOC(=O)c1cnc[nH]1.C[Si](C)(C)CCOCCl.I.[HH]. The van der Waals surface area contributed by atoms with Gasteiger partial charge in [-0.2, -0.15) is 0 Å². The highest BCUT2D eigenvalue weighted by atomic mass is 127. The molecule has 0 atom stereocenters. The predicted octanol–water partition coefficient (Wildman–Crippen LogP) is 12.7. The largest absolute Gasteiger partial charge is 0.481 e. The van der Waals surface area contributed by atoms with Gasteiger partial charge in [-0.25, -0.2) is 34.1 Å². The standard InChI is InChI=1S/C25H24FN5O3.C11H19BrN2O2Si.C6H15ClOSi.C6H8N2O2.C5H6N2O.HI.H2/c1-15(2)31-14-28-22(17-6-8-18(26)9-7-17)23(31)24-27-13-20(30-24)25(34)29-19-10-3-16(4-11-19)5-12-21(32)33;1-9(15)10-7-14(11(12)13-10)8-16-5-6-17(2,3)4;1-9(2,3)5-4-8-6-7;1-2-10-6(9)5-3-7-4-8-5;1-4(8)5-2-6-3-7-5;;/h3-4,6-11,13-15H,5,12H2,1-2H3,(H,27,30)(H,29,34)(H,32,33);7H,5-6,8H2,1-4H3;4-6H2,1-3H3;3-4H,2H2,1H3,(H,7,8);2-3H,1H3,(H,6,7);2*1H. The number of hydrogen-bond donors (Lipinski definition) is 5. The van der Waals surface area contributed by atoms with Crippen LogP contribution in [0.25, 0.3) is 22.8 Å². The molecule has 432 valence electrons. The van der Waals surface area contributed by atoms with Crippen LogP contribution in [0.1, 0.15) is 96.0 Å². The van der Waals surface area contributed by atoms with Gasteiger partial charge in [0.25, 0.3) is 5.91 Å². The zero-order valence-electron chi connectivity index (χ0n) is 46.5. The molecule has 0 aliphatic carbocycles. The molecule has 7 rings (SSSR count). The molecule has 5 N–H and O–H groups in total. The Hall–Kier alpha value is -5.98. The molecule has 0 bridgehead atoms. The molecular formula is C53H75BrClFIN11O9Si2. The molecule has 5 aromatic heterocycles. The molecule has 0 aliphatic heterocycles. The maximum absolute atomic E-state index is 13.4. The molecule has 26 heteroatoms. The number of aryl methyl sites for hydroxylation is 1. The molecule has 0 spiro atoms. The number of aromatic nitrogens is 10. The first-order valence-electron chi connectivity index (χ1n) is 24.9. The molecule has 20 nitrogen and oxygen atoms in total. The summed E-state index contributed by atoms with van der Waals surface area (Å²) in [4.78, 5) is 84.6. The summed E-state index contributed by atoms with van der Waals surface area (Å²) in [5, 5.41) is 11.6. The molecule has 0 fully saturated rings. The van der Waals surface area contributed by atoms with Gasteiger partial charge in [0.2, 0.25) is 0 Å². The highest BCUT2D eigenvalue weighted by Crippen LogP contribution is 2.32. The lowest BCUT2D eigenvalue weighted by Gasteiger charge is -2.15. The van der Waals surface area contributed by atoms with Crippen molar-refractivity contribution in [2.75, 3.05) is 31.2 Å². The van der Waals surface area contributed by atoms with Crippen molar-refractivity contribution < 1.29 is 49.1 Å². The summed E-state index contributed by atoms with van der Waals surface area (Å²) in [5.41, 5.74) is 5.21. The van der Waals surface area contributed by atoms with Crippen LogP contribution in [0, 0.1) is 5.82 Å². The number of nitrogens with one attached hydrogen (secondary N) is 4. The van der Waals surface area contributed by atoms with Gasteiger partial charge in [0, 0.05) is 74.5 Å². The number of carbonyl (C=O) groups excluding carboxylic acids is 4. The minimum atomic E-state index is -1.04. The molecule has 0 saturated carbocycles. The van der Waals surface area contributed by atoms with Crippen molar-refractivity contribution in [3.63, 3.8) is 0 Å². The number of carboxylic acid groups (broad SMARTS) is 1. The smallest absolute Gasteiger partial charge is 0.356 e. The fourth-order valence-electron chi connectivity index (χ4n) is 6.22. The van der Waals surface area contributed by atoms with Crippen LogP contribution in [0.5, 0.6) is 0 Å². The molecule has 7 aromatic rings. The number of Topliss-reactive ketones (excluding diaryl/α,β-unsaturated/α-hetero) is 2. The van der Waals surface area contributed by atoms with E-state index in [0.29, 0.717) is 70.5 Å². The summed E-state index contributed by atoms with van der Waals surface area (Å²) >= 11 is 8.63. The number of carbonyl (C=O) groups is 5. The lowest BCUT2D eigenvalue weighted by Crippen LogP contribution is -2.22. The minimum absolute atomic E-state index is 0. The number of benzene rings is 2. The van der Waals surface area contributed by atoms with E-state index < -0.39 is 22.1 Å². The number of aliphatic carboxylic acids is 1. The number of carboxylic acids is 1. The molecule has 0 saturated heterocycles. The van der Waals surface area contributed by atoms with Gasteiger partial charge in [-0.05, 0) is 97.2 Å². The van der Waals surface area contributed by atoms with Gasteiger partial charge >= 0.3 is 11.9 Å². The molecule has 1 amide bonds. The number of nitrogens with zero attached hydrogens (tertiary/aromatic N) is 7. The van der Waals surface area contributed by atoms with Crippen molar-refractivity contribution in [3.8, 4) is 22.8 Å². The summed E-state index contributed by atoms with van der Waals surface area (Å²) in [6, 6.07) is 15.9. The summed E-state index contributed by atoms with van der Waals surface area (Å²) < 4.78 is 33.0. The first kappa shape index (κ1) is 69.1. The Bertz CT molecular complexity index is 2930. The number of hydrogen-bond acceptors (Lipinski definition) is 13. The quantitative estimate of drug-likeness (QED) is 0.0112. The van der Waals surface area contributed by atoms with E-state index in [2.05, 4.69) is 105 Å². The zero-order chi connectivity index (χ0) is 58.0. The lowest BCUT2D eigenvalue weighted by molar-refractivity contribution is -0.136. The van der Waals surface area contributed by atoms with Crippen molar-refractivity contribution in [1.29, 1.82) is 0 Å². The average molecular weight is 1330 g/mol. The molecule has 0 unspecified atom stereocenters. The van der Waals surface area contributed by atoms with Crippen LogP contribution in [0.3, 0.4) is 0 Å². The van der Waals surface area contributed by atoms with Crippen molar-refractivity contribution in [2.24, 2.45) is 0 Å². The molecule has 5 heterocycles. The third-order valence-corrected chi connectivity index (χ3v) is 14.8. The maximum atomic E-state index is 13.4. The van der Waals surface area contributed by atoms with Crippen molar-refractivity contribution in [1.82, 2.24) is 49.0 Å². The number of halogens is 4.